The predicted octanol–water partition coefficient (Wildman–Crippen LogP) is 6.36. The van der Waals surface area contributed by atoms with E-state index in [0.717, 1.165) is 75.7 Å². The summed E-state index contributed by atoms with van der Waals surface area (Å²) in [6.45, 7) is 6.62. The number of nitrogens with zero attached hydrogens (tertiary/aromatic N) is 1. The van der Waals surface area contributed by atoms with Gasteiger partial charge in [0.25, 0.3) is 5.91 Å². The van der Waals surface area contributed by atoms with Crippen LogP contribution in [0, 0.1) is 23.7 Å². The number of benzene rings is 2. The molecule has 2 aromatic carbocycles. The van der Waals surface area contributed by atoms with Crippen molar-refractivity contribution in [3.63, 3.8) is 0 Å². The number of hydrogen-bond acceptors (Lipinski definition) is 8. The number of rotatable bonds is 2. The largest absolute Gasteiger partial charge is 0.487 e. The molecule has 2 bridgehead atoms. The second-order valence-corrected chi connectivity index (χ2v) is 16.4. The molecule has 0 radical (unpaired) electrons. The zero-order chi connectivity index (χ0) is 33.1. The first kappa shape index (κ1) is 34.5. The summed E-state index contributed by atoms with van der Waals surface area (Å²) in [7, 11) is -2.22. The smallest absolute Gasteiger partial charge is 0.264 e. The molecule has 3 heterocycles. The predicted molar refractivity (Wildman–Crippen MR) is 182 cm³/mol. The molecule has 2 aromatic rings. The van der Waals surface area contributed by atoms with Crippen molar-refractivity contribution >= 4 is 33.2 Å². The highest BCUT2D eigenvalue weighted by atomic mass is 35.5. The summed E-state index contributed by atoms with van der Waals surface area (Å²) in [6, 6.07) is 11.2. The SMILES string of the molecule is CO[C@H]1CO[C@@H]([C@H]2CCC[C@H](C)[C@@H](C)S(=O)(=O)NC(=O)c3ccc4c(c3)N(CCCCc3cc(Cl)ccc3CO4)C[C@@H]3CC[C@H]32)OC1. The number of fused-ring (bicyclic) bond motifs is 3. The Morgan fingerprint density at radius 3 is 2.49 bits per heavy atom. The second-order valence-electron chi connectivity index (χ2n) is 13.9. The van der Waals surface area contributed by atoms with Crippen LogP contribution in [0.5, 0.6) is 5.75 Å². The van der Waals surface area contributed by atoms with Crippen molar-refractivity contribution in [1.29, 1.82) is 0 Å². The lowest BCUT2D eigenvalue weighted by Crippen LogP contribution is -2.49. The third-order valence-electron chi connectivity index (χ3n) is 11.0. The second kappa shape index (κ2) is 15.0. The Morgan fingerprint density at radius 2 is 1.74 bits per heavy atom. The summed E-state index contributed by atoms with van der Waals surface area (Å²) < 4.78 is 53.7. The van der Waals surface area contributed by atoms with E-state index in [9.17, 15) is 13.2 Å². The van der Waals surface area contributed by atoms with Crippen LogP contribution in [0.1, 0.15) is 80.3 Å². The molecule has 4 aliphatic rings. The number of ether oxygens (including phenoxy) is 4. The molecule has 3 aliphatic heterocycles. The summed E-state index contributed by atoms with van der Waals surface area (Å²) in [4.78, 5) is 15.8. The van der Waals surface area contributed by atoms with E-state index >= 15 is 0 Å². The molecule has 0 unspecified atom stereocenters. The number of sulfonamides is 1. The third kappa shape index (κ3) is 7.93. The van der Waals surface area contributed by atoms with Crippen molar-refractivity contribution < 1.29 is 32.2 Å². The standard InChI is InChI=1S/C36H49ClN2O7S/c1-23-7-6-9-32(36-45-21-30(43-3)22-46-36)31-14-11-27(31)19-39-16-5-4-8-25-17-29(37)13-10-28(25)20-44-34-15-12-26(18-33(34)39)35(40)38-47(41,42)24(23)2/h10,12-13,15,17-18,23-24,27,30-32,36H,4-9,11,14,16,19-22H2,1-3H3,(H,38,40)/t23-,24+,27-,30-,31+,32-,36+/m0/s1. The fraction of sp³-hybridized carbons (Fsp3) is 0.639. The molecule has 11 heteroatoms. The van der Waals surface area contributed by atoms with E-state index in [0.29, 0.717) is 48.0 Å². The lowest BCUT2D eigenvalue weighted by Gasteiger charge is -2.48. The van der Waals surface area contributed by atoms with Gasteiger partial charge in [0.1, 0.15) is 18.5 Å². The average Bonchev–Trinajstić information content (AvgIpc) is 3.08. The fourth-order valence-corrected chi connectivity index (χ4v) is 9.19. The lowest BCUT2D eigenvalue weighted by atomic mass is 9.65. The Morgan fingerprint density at radius 1 is 0.936 bits per heavy atom. The minimum absolute atomic E-state index is 0.0677. The van der Waals surface area contributed by atoms with Crippen LogP contribution in [0.2, 0.25) is 5.02 Å². The van der Waals surface area contributed by atoms with Gasteiger partial charge in [-0.25, -0.2) is 13.1 Å². The maximum absolute atomic E-state index is 13.5. The van der Waals surface area contributed by atoms with Crippen molar-refractivity contribution in [3.05, 3.63) is 58.1 Å². The first-order valence-electron chi connectivity index (χ1n) is 17.2. The van der Waals surface area contributed by atoms with Crippen LogP contribution in [0.4, 0.5) is 5.69 Å². The van der Waals surface area contributed by atoms with Crippen molar-refractivity contribution in [1.82, 2.24) is 4.72 Å². The van der Waals surface area contributed by atoms with Gasteiger partial charge in [-0.3, -0.25) is 4.79 Å². The van der Waals surface area contributed by atoms with Gasteiger partial charge in [0.05, 0.1) is 24.2 Å². The van der Waals surface area contributed by atoms with Crippen LogP contribution in [0.25, 0.3) is 0 Å². The molecular formula is C36H49ClN2O7S. The Hall–Kier alpha value is -2.37. The zero-order valence-electron chi connectivity index (χ0n) is 27.8. The minimum Gasteiger partial charge on any atom is -0.487 e. The monoisotopic (exact) mass is 688 g/mol. The molecule has 258 valence electrons. The van der Waals surface area contributed by atoms with E-state index < -0.39 is 21.2 Å². The highest BCUT2D eigenvalue weighted by Crippen LogP contribution is 2.46. The summed E-state index contributed by atoms with van der Waals surface area (Å²) in [5, 5.41) is -0.0131. The Kier molecular flexibility index (Phi) is 11.0. The number of methoxy groups -OCH3 is 1. The number of nitrogens with one attached hydrogen (secondary N) is 1. The number of hydrogen-bond donors (Lipinski definition) is 1. The van der Waals surface area contributed by atoms with E-state index in [1.165, 1.54) is 5.56 Å². The maximum Gasteiger partial charge on any atom is 0.264 e. The van der Waals surface area contributed by atoms with Crippen LogP contribution >= 0.6 is 11.6 Å². The first-order chi connectivity index (χ1) is 22.6. The lowest BCUT2D eigenvalue weighted by molar-refractivity contribution is -0.255. The summed E-state index contributed by atoms with van der Waals surface area (Å²) in [6.07, 6.45) is 7.13. The number of carbonyl (C=O) groups is 1. The van der Waals surface area contributed by atoms with E-state index in [-0.39, 0.29) is 24.2 Å². The number of amides is 1. The van der Waals surface area contributed by atoms with Crippen LogP contribution in [0.3, 0.4) is 0 Å². The maximum atomic E-state index is 13.5. The molecule has 1 saturated carbocycles. The summed E-state index contributed by atoms with van der Waals surface area (Å²) in [5.74, 6) is 0.949. The summed E-state index contributed by atoms with van der Waals surface area (Å²) >= 11 is 6.36. The molecule has 0 spiro atoms. The molecule has 2 fully saturated rings. The van der Waals surface area contributed by atoms with Gasteiger partial charge in [0.2, 0.25) is 10.0 Å². The highest BCUT2D eigenvalue weighted by Gasteiger charge is 2.43. The van der Waals surface area contributed by atoms with Crippen LogP contribution in [-0.2, 0) is 37.3 Å². The first-order valence-corrected chi connectivity index (χ1v) is 19.2. The van der Waals surface area contributed by atoms with E-state index in [1.807, 2.05) is 37.3 Å². The molecule has 5 atom stereocenters. The Bertz CT molecular complexity index is 1510. The van der Waals surface area contributed by atoms with Crippen LogP contribution < -0.4 is 14.4 Å². The van der Waals surface area contributed by atoms with Crippen molar-refractivity contribution in [3.8, 4) is 5.75 Å². The average molecular weight is 689 g/mol. The fourth-order valence-electron chi connectivity index (χ4n) is 7.68. The van der Waals surface area contributed by atoms with Gasteiger partial charge in [-0.15, -0.1) is 0 Å². The molecule has 47 heavy (non-hydrogen) atoms. The van der Waals surface area contributed by atoms with Gasteiger partial charge in [-0.05, 0) is 111 Å². The molecule has 6 rings (SSSR count). The van der Waals surface area contributed by atoms with Gasteiger partial charge < -0.3 is 23.8 Å². The number of anilines is 1. The molecule has 1 N–H and O–H groups in total. The Labute approximate surface area is 284 Å². The van der Waals surface area contributed by atoms with Crippen LogP contribution in [0.15, 0.2) is 36.4 Å². The van der Waals surface area contributed by atoms with Gasteiger partial charge in [-0.1, -0.05) is 31.0 Å². The quantitative estimate of drug-likeness (QED) is 0.389. The summed E-state index contributed by atoms with van der Waals surface area (Å²) in [5.41, 5.74) is 3.39. The van der Waals surface area contributed by atoms with Crippen molar-refractivity contribution in [2.75, 3.05) is 38.3 Å². The molecule has 9 nitrogen and oxygen atoms in total. The highest BCUT2D eigenvalue weighted by molar-refractivity contribution is 7.90. The van der Waals surface area contributed by atoms with Gasteiger partial charge in [0.15, 0.2) is 6.29 Å². The number of halogens is 1. The normalized spacial score (nSPS) is 32.0. The Balaban J connectivity index is 1.35. The van der Waals surface area contributed by atoms with E-state index in [4.69, 9.17) is 30.5 Å². The number of carbonyl (C=O) groups excluding carboxylic acids is 1. The van der Waals surface area contributed by atoms with Gasteiger partial charge in [-0.2, -0.15) is 0 Å². The van der Waals surface area contributed by atoms with Gasteiger partial charge >= 0.3 is 0 Å². The topological polar surface area (TPSA) is 103 Å². The zero-order valence-corrected chi connectivity index (χ0v) is 29.4. The van der Waals surface area contributed by atoms with Crippen molar-refractivity contribution in [2.24, 2.45) is 23.7 Å². The molecular weight excluding hydrogens is 640 g/mol. The third-order valence-corrected chi connectivity index (χ3v) is 13.2. The van der Waals surface area contributed by atoms with E-state index in [2.05, 4.69) is 9.62 Å². The van der Waals surface area contributed by atoms with Crippen LogP contribution in [-0.4, -0.2) is 65.4 Å². The minimum atomic E-state index is -3.91. The van der Waals surface area contributed by atoms with E-state index in [1.54, 1.807) is 20.1 Å². The molecule has 1 aliphatic carbocycles. The molecule has 1 saturated heterocycles. The molecule has 0 aromatic heterocycles. The number of aryl methyl sites for hydroxylation is 1. The van der Waals surface area contributed by atoms with Gasteiger partial charge in [0, 0.05) is 36.7 Å². The van der Waals surface area contributed by atoms with Crippen molar-refractivity contribution in [2.45, 2.75) is 89.5 Å². The molecule has 1 amide bonds.